The number of allylic oxidation sites excluding steroid dienone is 1. The lowest BCUT2D eigenvalue weighted by molar-refractivity contribution is -0.166. The minimum atomic E-state index is -0.293. The van der Waals surface area contributed by atoms with Gasteiger partial charge in [0.15, 0.2) is 5.12 Å². The lowest BCUT2D eigenvalue weighted by atomic mass is 9.46. The van der Waals surface area contributed by atoms with Crippen LogP contribution in [-0.4, -0.2) is 27.7 Å². The maximum absolute atomic E-state index is 12.2. The van der Waals surface area contributed by atoms with Crippen LogP contribution in [0.1, 0.15) is 78.6 Å². The van der Waals surface area contributed by atoms with Crippen LogP contribution in [0.2, 0.25) is 0 Å². The van der Waals surface area contributed by atoms with E-state index in [9.17, 15) is 14.4 Å². The molecule has 5 aliphatic rings. The fourth-order valence-corrected chi connectivity index (χ4v) is 9.19. The molecule has 7 atom stereocenters. The van der Waals surface area contributed by atoms with E-state index in [4.69, 9.17) is 4.74 Å². The van der Waals surface area contributed by atoms with E-state index in [0.717, 1.165) is 38.5 Å². The first kappa shape index (κ1) is 19.8. The molecule has 0 amide bonds. The van der Waals surface area contributed by atoms with Gasteiger partial charge in [0.1, 0.15) is 11.4 Å². The largest absolute Gasteiger partial charge is 0.458 e. The van der Waals surface area contributed by atoms with Gasteiger partial charge in [-0.25, -0.2) is 0 Å². The zero-order valence-corrected chi connectivity index (χ0v) is 18.6. The van der Waals surface area contributed by atoms with Crippen molar-refractivity contribution in [2.75, 3.05) is 0 Å². The summed E-state index contributed by atoms with van der Waals surface area (Å²) in [7, 11) is 0. The van der Waals surface area contributed by atoms with Crippen molar-refractivity contribution in [3.8, 4) is 0 Å². The highest BCUT2D eigenvalue weighted by atomic mass is 32.2. The minimum absolute atomic E-state index is 0.00210. The zero-order valence-electron chi connectivity index (χ0n) is 17.8. The van der Waals surface area contributed by atoms with Crippen LogP contribution in [0.15, 0.2) is 11.6 Å². The van der Waals surface area contributed by atoms with Gasteiger partial charge in [-0.1, -0.05) is 37.3 Å². The van der Waals surface area contributed by atoms with Gasteiger partial charge in [-0.15, -0.1) is 0 Å². The van der Waals surface area contributed by atoms with Gasteiger partial charge in [0.25, 0.3) is 0 Å². The van der Waals surface area contributed by atoms with Gasteiger partial charge in [-0.2, -0.15) is 0 Å². The van der Waals surface area contributed by atoms with E-state index in [1.54, 1.807) is 6.92 Å². The quantitative estimate of drug-likeness (QED) is 0.452. The fraction of sp³-hybridized carbons (Fsp3) is 0.792. The van der Waals surface area contributed by atoms with Crippen LogP contribution in [-0.2, 0) is 19.1 Å². The SMILES string of the molecule is CC(=O)SC1C=C2CC(=O)CCC2(C)C2CCC3(C)[C@@H](CC[C@@]34CCC(=O)O4)C12. The predicted octanol–water partition coefficient (Wildman–Crippen LogP) is 4.85. The van der Waals surface area contributed by atoms with Crippen LogP contribution >= 0.6 is 11.8 Å². The molecule has 0 radical (unpaired) electrons. The number of ether oxygens (including phenoxy) is 1. The number of carbonyl (C=O) groups excluding carboxylic acids is 3. The van der Waals surface area contributed by atoms with E-state index >= 15 is 0 Å². The highest BCUT2D eigenvalue weighted by Gasteiger charge is 2.68. The second-order valence-electron chi connectivity index (χ2n) is 10.7. The first-order chi connectivity index (χ1) is 13.7. The Hall–Kier alpha value is -1.10. The van der Waals surface area contributed by atoms with Gasteiger partial charge in [0.05, 0.1) is 0 Å². The fourth-order valence-electron chi connectivity index (χ4n) is 8.04. The molecule has 29 heavy (non-hydrogen) atoms. The summed E-state index contributed by atoms with van der Waals surface area (Å²) in [6, 6.07) is 0. The number of ketones is 1. The molecule has 158 valence electrons. The van der Waals surface area contributed by atoms with Crippen LogP contribution in [0.4, 0.5) is 0 Å². The van der Waals surface area contributed by atoms with Crippen LogP contribution in [0.3, 0.4) is 0 Å². The van der Waals surface area contributed by atoms with Crippen molar-refractivity contribution < 1.29 is 19.1 Å². The Morgan fingerprint density at radius 1 is 1.07 bits per heavy atom. The maximum atomic E-state index is 12.2. The third-order valence-corrected chi connectivity index (χ3v) is 10.6. The topological polar surface area (TPSA) is 60.4 Å². The molecule has 1 heterocycles. The van der Waals surface area contributed by atoms with Gasteiger partial charge >= 0.3 is 5.97 Å². The molecule has 1 saturated heterocycles. The lowest BCUT2D eigenvalue weighted by Crippen LogP contribution is -2.57. The molecule has 1 spiro atoms. The predicted molar refractivity (Wildman–Crippen MR) is 112 cm³/mol. The summed E-state index contributed by atoms with van der Waals surface area (Å²) in [5.74, 6) is 1.71. The Labute approximate surface area is 177 Å². The molecular weight excluding hydrogens is 384 g/mol. The highest BCUT2D eigenvalue weighted by molar-refractivity contribution is 8.14. The number of rotatable bonds is 1. The monoisotopic (exact) mass is 416 g/mol. The molecule has 4 aliphatic carbocycles. The minimum Gasteiger partial charge on any atom is -0.458 e. The summed E-state index contributed by atoms with van der Waals surface area (Å²) in [5.41, 5.74) is 1.08. The van der Waals surface area contributed by atoms with Gasteiger partial charge < -0.3 is 4.74 Å². The molecule has 3 saturated carbocycles. The van der Waals surface area contributed by atoms with E-state index in [1.807, 2.05) is 0 Å². The van der Waals surface area contributed by atoms with Crippen LogP contribution in [0.25, 0.3) is 0 Å². The molecule has 1 aliphatic heterocycles. The lowest BCUT2D eigenvalue weighted by Gasteiger charge is -2.60. The van der Waals surface area contributed by atoms with E-state index in [0.29, 0.717) is 42.8 Å². The summed E-state index contributed by atoms with van der Waals surface area (Å²) in [6.45, 7) is 6.40. The van der Waals surface area contributed by atoms with Crippen LogP contribution < -0.4 is 0 Å². The molecule has 0 bridgehead atoms. The summed E-state index contributed by atoms with van der Waals surface area (Å²) in [5, 5.41) is 0.298. The molecule has 4 fully saturated rings. The van der Waals surface area contributed by atoms with E-state index in [2.05, 4.69) is 19.9 Å². The number of thioether (sulfide) groups is 1. The maximum Gasteiger partial charge on any atom is 0.306 e. The number of hydrogen-bond donors (Lipinski definition) is 0. The molecule has 5 unspecified atom stereocenters. The Morgan fingerprint density at radius 2 is 1.83 bits per heavy atom. The third kappa shape index (κ3) is 2.68. The molecule has 5 heteroatoms. The highest BCUT2D eigenvalue weighted by Crippen LogP contribution is 2.70. The van der Waals surface area contributed by atoms with Gasteiger partial charge in [-0.3, -0.25) is 14.4 Å². The Kier molecular flexibility index (Phi) is 4.41. The first-order valence-corrected chi connectivity index (χ1v) is 12.2. The Bertz CT molecular complexity index is 818. The summed E-state index contributed by atoms with van der Waals surface area (Å²) in [4.78, 5) is 36.4. The van der Waals surface area contributed by atoms with Gasteiger partial charge in [0.2, 0.25) is 0 Å². The van der Waals surface area contributed by atoms with Crippen molar-refractivity contribution in [2.24, 2.45) is 28.6 Å². The smallest absolute Gasteiger partial charge is 0.306 e. The number of fused-ring (bicyclic) bond motifs is 6. The van der Waals surface area contributed by atoms with E-state index < -0.39 is 0 Å². The third-order valence-electron chi connectivity index (χ3n) is 9.57. The van der Waals surface area contributed by atoms with E-state index in [-0.39, 0.29) is 32.8 Å². The Morgan fingerprint density at radius 3 is 2.52 bits per heavy atom. The van der Waals surface area contributed by atoms with E-state index in [1.165, 1.54) is 17.3 Å². The number of esters is 1. The molecular formula is C24H32O4S. The molecule has 0 N–H and O–H groups in total. The second-order valence-corrected chi connectivity index (χ2v) is 12.0. The van der Waals surface area contributed by atoms with Crippen molar-refractivity contribution in [1.29, 1.82) is 0 Å². The van der Waals surface area contributed by atoms with Gasteiger partial charge in [0, 0.05) is 36.9 Å². The average molecular weight is 417 g/mol. The molecule has 4 nitrogen and oxygen atoms in total. The molecule has 0 aromatic rings. The molecule has 0 aromatic heterocycles. The molecule has 0 aromatic carbocycles. The average Bonchev–Trinajstić information content (AvgIpc) is 3.17. The summed E-state index contributed by atoms with van der Waals surface area (Å²) < 4.78 is 6.05. The summed E-state index contributed by atoms with van der Waals surface area (Å²) >= 11 is 1.46. The van der Waals surface area contributed by atoms with Crippen LogP contribution in [0.5, 0.6) is 0 Å². The first-order valence-electron chi connectivity index (χ1n) is 11.3. The zero-order chi connectivity index (χ0) is 20.6. The normalized spacial score (nSPS) is 48.6. The van der Waals surface area contributed by atoms with Crippen molar-refractivity contribution >= 4 is 28.6 Å². The van der Waals surface area contributed by atoms with Crippen molar-refractivity contribution in [1.82, 2.24) is 0 Å². The second kappa shape index (κ2) is 6.45. The van der Waals surface area contributed by atoms with Crippen molar-refractivity contribution in [3.63, 3.8) is 0 Å². The van der Waals surface area contributed by atoms with Crippen molar-refractivity contribution in [3.05, 3.63) is 11.6 Å². The molecule has 5 rings (SSSR count). The van der Waals surface area contributed by atoms with Gasteiger partial charge in [-0.05, 0) is 61.7 Å². The standard InChI is InChI=1S/C24H32O4S/c1-14(25)29-19-13-15-12-16(26)4-8-22(15,2)17-5-9-23(3)18(21(17)19)6-10-24(23)11-7-20(27)28-24/h13,17-19,21H,4-12H2,1-3H3/t17?,18-,19?,21?,22?,23?,24+/m0/s1. The Balaban J connectivity index is 1.57. The summed E-state index contributed by atoms with van der Waals surface area (Å²) in [6.07, 6.45) is 10.1. The van der Waals surface area contributed by atoms with Crippen LogP contribution in [0, 0.1) is 28.6 Å². The van der Waals surface area contributed by atoms with Crippen molar-refractivity contribution in [2.45, 2.75) is 89.4 Å². The number of carbonyl (C=O) groups is 3. The number of Topliss-reactive ketones (excluding diaryl/α,β-unsaturated/α-hetero) is 1. The number of hydrogen-bond acceptors (Lipinski definition) is 5.